The lowest BCUT2D eigenvalue weighted by Crippen LogP contribution is -2.37. The predicted molar refractivity (Wildman–Crippen MR) is 89.5 cm³/mol. The van der Waals surface area contributed by atoms with Gasteiger partial charge in [0.2, 0.25) is 5.91 Å². The van der Waals surface area contributed by atoms with Gasteiger partial charge in [0.05, 0.1) is 12.5 Å². The number of aromatic nitrogens is 2. The SMILES string of the molecule is CN(CCOc1ccc(F)cc1)C(=O)[C@@H]1CCO[C@H]1c1nccn1C. The minimum absolute atomic E-state index is 0.0215. The number of carbonyl (C=O) groups is 1. The van der Waals surface area contributed by atoms with E-state index in [1.807, 2.05) is 17.8 Å². The molecule has 25 heavy (non-hydrogen) atoms. The molecular weight excluding hydrogens is 325 g/mol. The topological polar surface area (TPSA) is 56.6 Å². The van der Waals surface area contributed by atoms with E-state index in [1.165, 1.54) is 12.1 Å². The molecule has 0 spiro atoms. The van der Waals surface area contributed by atoms with Crippen LogP contribution in [0.1, 0.15) is 18.3 Å². The van der Waals surface area contributed by atoms with Gasteiger partial charge in [-0.05, 0) is 30.7 Å². The monoisotopic (exact) mass is 347 g/mol. The maximum Gasteiger partial charge on any atom is 0.228 e. The number of rotatable bonds is 6. The van der Waals surface area contributed by atoms with Gasteiger partial charge in [-0.1, -0.05) is 0 Å². The zero-order valence-corrected chi connectivity index (χ0v) is 14.4. The van der Waals surface area contributed by atoms with Crippen LogP contribution in [0.3, 0.4) is 0 Å². The molecule has 3 rings (SSSR count). The van der Waals surface area contributed by atoms with E-state index in [1.54, 1.807) is 30.3 Å². The number of benzene rings is 1. The molecular formula is C18H22FN3O3. The maximum atomic E-state index is 12.9. The Balaban J connectivity index is 1.54. The molecule has 0 bridgehead atoms. The Hall–Kier alpha value is -2.41. The quantitative estimate of drug-likeness (QED) is 0.804. The van der Waals surface area contributed by atoms with Crippen LogP contribution in [-0.2, 0) is 16.6 Å². The number of ether oxygens (including phenoxy) is 2. The van der Waals surface area contributed by atoms with Gasteiger partial charge < -0.3 is 18.9 Å². The van der Waals surface area contributed by atoms with Crippen LogP contribution in [0.2, 0.25) is 0 Å². The van der Waals surface area contributed by atoms with Gasteiger partial charge in [-0.2, -0.15) is 0 Å². The van der Waals surface area contributed by atoms with Gasteiger partial charge in [0.25, 0.3) is 0 Å². The predicted octanol–water partition coefficient (Wildman–Crippen LogP) is 2.17. The van der Waals surface area contributed by atoms with Crippen molar-refractivity contribution in [3.8, 4) is 5.75 Å². The Kier molecular flexibility index (Phi) is 5.33. The van der Waals surface area contributed by atoms with Crippen molar-refractivity contribution >= 4 is 5.91 Å². The average molecular weight is 347 g/mol. The van der Waals surface area contributed by atoms with Crippen molar-refractivity contribution in [1.82, 2.24) is 14.5 Å². The Bertz CT molecular complexity index is 717. The average Bonchev–Trinajstić information content (AvgIpc) is 3.24. The summed E-state index contributed by atoms with van der Waals surface area (Å²) in [6, 6.07) is 5.83. The zero-order valence-electron chi connectivity index (χ0n) is 14.4. The van der Waals surface area contributed by atoms with Crippen LogP contribution < -0.4 is 4.74 Å². The lowest BCUT2D eigenvalue weighted by molar-refractivity contribution is -0.136. The molecule has 2 aromatic rings. The number of hydrogen-bond acceptors (Lipinski definition) is 4. The summed E-state index contributed by atoms with van der Waals surface area (Å²) in [4.78, 5) is 18.7. The van der Waals surface area contributed by atoms with Crippen LogP contribution in [0.15, 0.2) is 36.7 Å². The molecule has 6 nitrogen and oxygen atoms in total. The van der Waals surface area contributed by atoms with Gasteiger partial charge in [-0.25, -0.2) is 9.37 Å². The summed E-state index contributed by atoms with van der Waals surface area (Å²) in [5, 5.41) is 0. The van der Waals surface area contributed by atoms with E-state index >= 15 is 0 Å². The highest BCUT2D eigenvalue weighted by atomic mass is 19.1. The van der Waals surface area contributed by atoms with Crippen molar-refractivity contribution in [2.75, 3.05) is 26.8 Å². The molecule has 2 atom stereocenters. The Morgan fingerprint density at radius 2 is 2.20 bits per heavy atom. The van der Waals surface area contributed by atoms with Crippen molar-refractivity contribution in [3.63, 3.8) is 0 Å². The summed E-state index contributed by atoms with van der Waals surface area (Å²) in [5.74, 6) is 0.829. The summed E-state index contributed by atoms with van der Waals surface area (Å²) < 4.78 is 26.1. The first-order valence-electron chi connectivity index (χ1n) is 8.28. The maximum absolute atomic E-state index is 12.9. The molecule has 0 radical (unpaired) electrons. The minimum Gasteiger partial charge on any atom is -0.492 e. The molecule has 1 amide bonds. The first-order chi connectivity index (χ1) is 12.1. The highest BCUT2D eigenvalue weighted by Crippen LogP contribution is 2.34. The van der Waals surface area contributed by atoms with Crippen LogP contribution in [0.4, 0.5) is 4.39 Å². The fourth-order valence-corrected chi connectivity index (χ4v) is 2.97. The van der Waals surface area contributed by atoms with E-state index in [4.69, 9.17) is 9.47 Å². The van der Waals surface area contributed by atoms with Gasteiger partial charge >= 0.3 is 0 Å². The lowest BCUT2D eigenvalue weighted by Gasteiger charge is -2.24. The summed E-state index contributed by atoms with van der Waals surface area (Å²) in [7, 11) is 3.65. The third kappa shape index (κ3) is 3.99. The summed E-state index contributed by atoms with van der Waals surface area (Å²) >= 11 is 0. The molecule has 0 saturated carbocycles. The molecule has 1 aromatic heterocycles. The summed E-state index contributed by atoms with van der Waals surface area (Å²) in [6.45, 7) is 1.34. The zero-order chi connectivity index (χ0) is 17.8. The van der Waals surface area contributed by atoms with Crippen LogP contribution in [0.25, 0.3) is 0 Å². The van der Waals surface area contributed by atoms with Gasteiger partial charge in [0.15, 0.2) is 0 Å². The molecule has 1 aromatic carbocycles. The van der Waals surface area contributed by atoms with Gasteiger partial charge in [0.1, 0.15) is 30.1 Å². The van der Waals surface area contributed by atoms with Crippen molar-refractivity contribution in [3.05, 3.63) is 48.3 Å². The number of nitrogens with zero attached hydrogens (tertiary/aromatic N) is 3. The molecule has 134 valence electrons. The van der Waals surface area contributed by atoms with E-state index in [9.17, 15) is 9.18 Å². The van der Waals surface area contributed by atoms with Crippen LogP contribution in [0.5, 0.6) is 5.75 Å². The number of halogens is 1. The molecule has 1 aliphatic heterocycles. The molecule has 1 saturated heterocycles. The normalized spacial score (nSPS) is 19.8. The van der Waals surface area contributed by atoms with E-state index in [0.29, 0.717) is 31.9 Å². The first kappa shape index (κ1) is 17.4. The van der Waals surface area contributed by atoms with Crippen LogP contribution >= 0.6 is 0 Å². The number of likely N-dealkylation sites (N-methyl/N-ethyl adjacent to an activating group) is 1. The van der Waals surface area contributed by atoms with Crippen LogP contribution in [-0.4, -0.2) is 47.2 Å². The Labute approximate surface area is 146 Å². The molecule has 0 N–H and O–H groups in total. The fourth-order valence-electron chi connectivity index (χ4n) is 2.97. The second kappa shape index (κ2) is 7.65. The third-order valence-corrected chi connectivity index (χ3v) is 4.41. The Morgan fingerprint density at radius 1 is 1.44 bits per heavy atom. The third-order valence-electron chi connectivity index (χ3n) is 4.41. The Morgan fingerprint density at radius 3 is 2.88 bits per heavy atom. The summed E-state index contributed by atoms with van der Waals surface area (Å²) in [6.07, 6.45) is 3.92. The van der Waals surface area contributed by atoms with Gasteiger partial charge in [0, 0.05) is 33.1 Å². The van der Waals surface area contributed by atoms with E-state index < -0.39 is 0 Å². The fraction of sp³-hybridized carbons (Fsp3) is 0.444. The smallest absolute Gasteiger partial charge is 0.228 e. The number of amides is 1. The lowest BCUT2D eigenvalue weighted by atomic mass is 9.99. The van der Waals surface area contributed by atoms with Crippen molar-refractivity contribution in [2.45, 2.75) is 12.5 Å². The number of hydrogen-bond donors (Lipinski definition) is 0. The molecule has 1 fully saturated rings. The highest BCUT2D eigenvalue weighted by molar-refractivity contribution is 5.79. The van der Waals surface area contributed by atoms with Crippen molar-refractivity contribution in [1.29, 1.82) is 0 Å². The standard InChI is InChI=1S/C18H22FN3O3/c1-21-9-8-20-17(21)16-15(7-11-25-16)18(23)22(2)10-12-24-14-5-3-13(19)4-6-14/h3-6,8-9,15-16H,7,10-12H2,1-2H3/t15-,16-/m1/s1. The molecule has 0 aliphatic carbocycles. The summed E-state index contributed by atoms with van der Waals surface area (Å²) in [5.41, 5.74) is 0. The van der Waals surface area contributed by atoms with Crippen LogP contribution in [0, 0.1) is 11.7 Å². The highest BCUT2D eigenvalue weighted by Gasteiger charge is 2.38. The molecule has 0 unspecified atom stereocenters. The minimum atomic E-state index is -0.312. The largest absolute Gasteiger partial charge is 0.492 e. The number of carbonyl (C=O) groups excluding carboxylic acids is 1. The van der Waals surface area contributed by atoms with E-state index in [-0.39, 0.29) is 23.7 Å². The van der Waals surface area contributed by atoms with E-state index in [0.717, 1.165) is 5.82 Å². The van der Waals surface area contributed by atoms with Gasteiger partial charge in [-0.15, -0.1) is 0 Å². The first-order valence-corrected chi connectivity index (χ1v) is 8.28. The second-order valence-electron chi connectivity index (χ2n) is 6.15. The van der Waals surface area contributed by atoms with E-state index in [2.05, 4.69) is 4.98 Å². The number of aryl methyl sites for hydroxylation is 1. The number of imidazole rings is 1. The van der Waals surface area contributed by atoms with Crippen molar-refractivity contribution < 1.29 is 18.7 Å². The molecule has 2 heterocycles. The second-order valence-corrected chi connectivity index (χ2v) is 6.15. The van der Waals surface area contributed by atoms with Crippen molar-refractivity contribution in [2.24, 2.45) is 13.0 Å². The molecule has 1 aliphatic rings. The molecule has 7 heteroatoms. The van der Waals surface area contributed by atoms with Gasteiger partial charge in [-0.3, -0.25) is 4.79 Å².